The number of hydrogen-bond donors (Lipinski definition) is 1. The topological polar surface area (TPSA) is 55.4 Å². The van der Waals surface area contributed by atoms with E-state index in [9.17, 15) is 9.59 Å². The zero-order chi connectivity index (χ0) is 12.9. The Hall–Kier alpha value is -0.360. The van der Waals surface area contributed by atoms with Gasteiger partial charge in [-0.05, 0) is 27.2 Å². The number of nitrogens with one attached hydrogen (secondary N) is 1. The lowest BCUT2D eigenvalue weighted by atomic mass is 9.98. The Labute approximate surface area is 110 Å². The average Bonchev–Trinajstić information content (AvgIpc) is 2.68. The first-order valence-corrected chi connectivity index (χ1v) is 8.00. The summed E-state index contributed by atoms with van der Waals surface area (Å²) in [7, 11) is 3.57. The molecule has 17 heavy (non-hydrogen) atoms. The summed E-state index contributed by atoms with van der Waals surface area (Å²) in [5, 5.41) is 3.01. The lowest BCUT2D eigenvalue weighted by molar-refractivity contribution is -0.154. The molecule has 0 aromatic heterocycles. The summed E-state index contributed by atoms with van der Waals surface area (Å²) >= 11 is 0. The highest BCUT2D eigenvalue weighted by atomic mass is 33.1. The third kappa shape index (κ3) is 5.68. The minimum atomic E-state index is -0.525. The normalized spacial score (nSPS) is 20.1. The van der Waals surface area contributed by atoms with Crippen molar-refractivity contribution in [2.24, 2.45) is 5.41 Å². The summed E-state index contributed by atoms with van der Waals surface area (Å²) in [4.78, 5) is 22.9. The minimum Gasteiger partial charge on any atom is -0.444 e. The van der Waals surface area contributed by atoms with Crippen LogP contribution in [0, 0.1) is 5.41 Å². The van der Waals surface area contributed by atoms with Gasteiger partial charge in [-0.25, -0.2) is 0 Å². The van der Waals surface area contributed by atoms with Gasteiger partial charge >= 0.3 is 5.97 Å². The van der Waals surface area contributed by atoms with E-state index in [2.05, 4.69) is 5.32 Å². The number of esters is 1. The first-order chi connectivity index (χ1) is 7.89. The van der Waals surface area contributed by atoms with Gasteiger partial charge in [0.25, 0.3) is 0 Å². The summed E-state index contributed by atoms with van der Waals surface area (Å²) in [5.41, 5.74) is -0.525. The largest absolute Gasteiger partial charge is 0.444 e. The van der Waals surface area contributed by atoms with Crippen molar-refractivity contribution in [3.05, 3.63) is 0 Å². The Morgan fingerprint density at radius 1 is 1.41 bits per heavy atom. The molecule has 1 rings (SSSR count). The zero-order valence-electron chi connectivity index (χ0n) is 10.4. The van der Waals surface area contributed by atoms with Crippen LogP contribution in [-0.4, -0.2) is 29.6 Å². The first-order valence-electron chi connectivity index (χ1n) is 5.62. The molecular weight excluding hydrogens is 258 g/mol. The van der Waals surface area contributed by atoms with E-state index in [0.717, 1.165) is 12.2 Å². The summed E-state index contributed by atoms with van der Waals surface area (Å²) in [6.45, 7) is 5.32. The third-order valence-corrected chi connectivity index (χ3v) is 5.16. The van der Waals surface area contributed by atoms with Crippen LogP contribution in [0.3, 0.4) is 0 Å². The van der Waals surface area contributed by atoms with Gasteiger partial charge in [-0.1, -0.05) is 21.6 Å². The van der Waals surface area contributed by atoms with Crippen LogP contribution in [-0.2, 0) is 14.3 Å². The van der Waals surface area contributed by atoms with Gasteiger partial charge in [-0.2, -0.15) is 0 Å². The molecule has 0 aromatic carbocycles. The van der Waals surface area contributed by atoms with Crippen LogP contribution in [0.4, 0.5) is 0 Å². The van der Waals surface area contributed by atoms with Crippen LogP contribution >= 0.6 is 21.6 Å². The maximum Gasteiger partial charge on any atom is 0.312 e. The minimum absolute atomic E-state index is 0.0283. The van der Waals surface area contributed by atoms with E-state index in [0.29, 0.717) is 11.7 Å². The molecule has 1 heterocycles. The lowest BCUT2D eigenvalue weighted by Crippen LogP contribution is -2.32. The maximum atomic E-state index is 11.5. The molecular formula is C11H19NO3S2. The van der Waals surface area contributed by atoms with E-state index < -0.39 is 5.41 Å². The summed E-state index contributed by atoms with van der Waals surface area (Å²) in [6.07, 6.45) is 1.58. The van der Waals surface area contributed by atoms with Crippen LogP contribution in [0.2, 0.25) is 0 Å². The third-order valence-electron chi connectivity index (χ3n) is 2.23. The highest BCUT2D eigenvalue weighted by Gasteiger charge is 2.23. The van der Waals surface area contributed by atoms with E-state index >= 15 is 0 Å². The number of carbonyl (C=O) groups excluding carboxylic acids is 2. The van der Waals surface area contributed by atoms with Crippen molar-refractivity contribution in [1.82, 2.24) is 5.32 Å². The standard InChI is InChI=1S/C11H19NO3S2/c1-11(2,3)10(14)15-7-12-9(13)6-8-4-5-16-17-8/h8H,4-7H2,1-3H3,(H,12,13). The zero-order valence-corrected chi connectivity index (χ0v) is 12.1. The van der Waals surface area contributed by atoms with Crippen LogP contribution in [0.5, 0.6) is 0 Å². The average molecular weight is 277 g/mol. The fourth-order valence-electron chi connectivity index (χ4n) is 1.19. The molecule has 0 saturated carbocycles. The van der Waals surface area contributed by atoms with Gasteiger partial charge < -0.3 is 10.1 Å². The second-order valence-electron chi connectivity index (χ2n) is 4.96. The van der Waals surface area contributed by atoms with Crippen molar-refractivity contribution in [1.29, 1.82) is 0 Å². The summed E-state index contributed by atoms with van der Waals surface area (Å²) in [6, 6.07) is 0. The molecule has 0 spiro atoms. The second kappa shape index (κ2) is 6.54. The van der Waals surface area contributed by atoms with E-state index in [1.54, 1.807) is 31.6 Å². The van der Waals surface area contributed by atoms with Gasteiger partial charge in [-0.15, -0.1) is 0 Å². The van der Waals surface area contributed by atoms with Crippen molar-refractivity contribution in [2.75, 3.05) is 12.5 Å². The maximum absolute atomic E-state index is 11.5. The molecule has 0 bridgehead atoms. The van der Waals surface area contributed by atoms with E-state index in [1.165, 1.54) is 0 Å². The van der Waals surface area contributed by atoms with Crippen LogP contribution < -0.4 is 5.32 Å². The Morgan fingerprint density at radius 2 is 2.12 bits per heavy atom. The molecule has 1 N–H and O–H groups in total. The van der Waals surface area contributed by atoms with E-state index in [-0.39, 0.29) is 18.6 Å². The van der Waals surface area contributed by atoms with Gasteiger partial charge in [0.15, 0.2) is 6.73 Å². The molecule has 1 saturated heterocycles. The number of hydrogen-bond acceptors (Lipinski definition) is 5. The van der Waals surface area contributed by atoms with Crippen molar-refractivity contribution < 1.29 is 14.3 Å². The molecule has 1 fully saturated rings. The van der Waals surface area contributed by atoms with Gasteiger partial charge in [0.05, 0.1) is 5.41 Å². The Kier molecular flexibility index (Phi) is 5.66. The fourth-order valence-corrected chi connectivity index (χ4v) is 4.09. The molecule has 6 heteroatoms. The number of amides is 1. The van der Waals surface area contributed by atoms with Crippen molar-refractivity contribution in [2.45, 2.75) is 38.9 Å². The van der Waals surface area contributed by atoms with Crippen LogP contribution in [0.15, 0.2) is 0 Å². The Morgan fingerprint density at radius 3 is 2.65 bits per heavy atom. The predicted molar refractivity (Wildman–Crippen MR) is 71.6 cm³/mol. The van der Waals surface area contributed by atoms with Gasteiger partial charge in [-0.3, -0.25) is 9.59 Å². The van der Waals surface area contributed by atoms with Gasteiger partial charge in [0.1, 0.15) is 0 Å². The van der Waals surface area contributed by atoms with Crippen LogP contribution in [0.1, 0.15) is 33.6 Å². The highest BCUT2D eigenvalue weighted by molar-refractivity contribution is 8.77. The second-order valence-corrected chi connectivity index (χ2v) is 7.75. The van der Waals surface area contributed by atoms with E-state index in [4.69, 9.17) is 4.74 Å². The molecule has 0 aromatic rings. The monoisotopic (exact) mass is 277 g/mol. The summed E-state index contributed by atoms with van der Waals surface area (Å²) in [5.74, 6) is 0.761. The molecule has 4 nitrogen and oxygen atoms in total. The smallest absolute Gasteiger partial charge is 0.312 e. The summed E-state index contributed by atoms with van der Waals surface area (Å²) < 4.78 is 4.96. The molecule has 1 aliphatic rings. The van der Waals surface area contributed by atoms with E-state index in [1.807, 2.05) is 10.8 Å². The van der Waals surface area contributed by atoms with Gasteiger partial charge in [0.2, 0.25) is 5.91 Å². The lowest BCUT2D eigenvalue weighted by Gasteiger charge is -2.17. The molecule has 0 radical (unpaired) electrons. The fraction of sp³-hybridized carbons (Fsp3) is 0.818. The van der Waals surface area contributed by atoms with Gasteiger partial charge in [0, 0.05) is 17.4 Å². The van der Waals surface area contributed by atoms with Crippen molar-refractivity contribution >= 4 is 33.5 Å². The number of rotatable bonds is 4. The molecule has 1 aliphatic heterocycles. The van der Waals surface area contributed by atoms with Crippen molar-refractivity contribution in [3.63, 3.8) is 0 Å². The molecule has 1 unspecified atom stereocenters. The number of ether oxygens (including phenoxy) is 1. The highest BCUT2D eigenvalue weighted by Crippen LogP contribution is 2.38. The van der Waals surface area contributed by atoms with Crippen molar-refractivity contribution in [3.8, 4) is 0 Å². The Bertz CT molecular complexity index is 283. The number of carbonyl (C=O) groups is 2. The molecule has 98 valence electrons. The quantitative estimate of drug-likeness (QED) is 0.485. The molecule has 0 aliphatic carbocycles. The predicted octanol–water partition coefficient (Wildman–Crippen LogP) is 2.19. The Balaban J connectivity index is 2.13. The SMILES string of the molecule is CC(C)(C)C(=O)OCNC(=O)CC1CCSS1. The first kappa shape index (κ1) is 14.7. The molecule has 1 amide bonds. The van der Waals surface area contributed by atoms with Crippen LogP contribution in [0.25, 0.3) is 0 Å². The molecule has 1 atom stereocenters.